The lowest BCUT2D eigenvalue weighted by atomic mass is 9.95. The largest absolute Gasteiger partial charge is 0.493 e. The quantitative estimate of drug-likeness (QED) is 0.798. The van der Waals surface area contributed by atoms with Gasteiger partial charge >= 0.3 is 0 Å². The molecule has 3 rings (SSSR count). The molecule has 26 heavy (non-hydrogen) atoms. The molecule has 5 heteroatoms. The van der Waals surface area contributed by atoms with Crippen LogP contribution in [0.5, 0.6) is 17.2 Å². The average Bonchev–Trinajstić information content (AvgIpc) is 3.16. The molecule has 0 bridgehead atoms. The molecule has 5 nitrogen and oxygen atoms in total. The van der Waals surface area contributed by atoms with Gasteiger partial charge in [0.1, 0.15) is 5.75 Å². The highest BCUT2D eigenvalue weighted by molar-refractivity contribution is 5.79. The van der Waals surface area contributed by atoms with Crippen LogP contribution in [0.25, 0.3) is 0 Å². The zero-order chi connectivity index (χ0) is 18.4. The van der Waals surface area contributed by atoms with Crippen LogP contribution in [0.4, 0.5) is 0 Å². The predicted molar refractivity (Wildman–Crippen MR) is 101 cm³/mol. The lowest BCUT2D eigenvalue weighted by molar-refractivity contribution is -0.126. The van der Waals surface area contributed by atoms with Crippen LogP contribution in [0.2, 0.25) is 0 Å². The van der Waals surface area contributed by atoms with E-state index in [0.717, 1.165) is 30.6 Å². The molecule has 2 atom stereocenters. The van der Waals surface area contributed by atoms with E-state index in [1.165, 1.54) is 0 Å². The first-order chi connectivity index (χ1) is 12.7. The fourth-order valence-electron chi connectivity index (χ4n) is 3.49. The Morgan fingerprint density at radius 3 is 2.54 bits per heavy atom. The van der Waals surface area contributed by atoms with Gasteiger partial charge in [-0.2, -0.15) is 0 Å². The van der Waals surface area contributed by atoms with Crippen molar-refractivity contribution in [3.63, 3.8) is 0 Å². The summed E-state index contributed by atoms with van der Waals surface area (Å²) < 4.78 is 11.2. The van der Waals surface area contributed by atoms with E-state index in [1.807, 2.05) is 48.5 Å². The molecule has 0 heterocycles. The Hall–Kier alpha value is -2.53. The third kappa shape index (κ3) is 4.35. The van der Waals surface area contributed by atoms with Crippen molar-refractivity contribution in [1.29, 1.82) is 0 Å². The Bertz CT molecular complexity index is 730. The van der Waals surface area contributed by atoms with E-state index in [1.54, 1.807) is 7.11 Å². The van der Waals surface area contributed by atoms with Gasteiger partial charge in [-0.15, -0.1) is 0 Å². The van der Waals surface area contributed by atoms with Gasteiger partial charge in [0.25, 0.3) is 0 Å². The standard InChI is InChI=1S/C21H26N2O3/c1-25-19-7-2-3-8-20(19)26-17-11-9-15(10-12-17)14-23-21(24)18-6-4-5-16(18)13-22/h2-3,7-12,16,18H,4-6,13-14,22H2,1H3,(H,23,24)/t16-,18-/m1/s1. The van der Waals surface area contributed by atoms with Gasteiger partial charge in [-0.05, 0) is 55.1 Å². The van der Waals surface area contributed by atoms with Gasteiger partial charge in [0.2, 0.25) is 5.91 Å². The molecular formula is C21H26N2O3. The molecule has 1 aliphatic carbocycles. The fourth-order valence-corrected chi connectivity index (χ4v) is 3.49. The molecule has 1 amide bonds. The highest BCUT2D eigenvalue weighted by Crippen LogP contribution is 2.32. The lowest BCUT2D eigenvalue weighted by Gasteiger charge is -2.17. The molecule has 1 aliphatic rings. The van der Waals surface area contributed by atoms with Crippen molar-refractivity contribution in [2.75, 3.05) is 13.7 Å². The minimum atomic E-state index is 0.0631. The van der Waals surface area contributed by atoms with Crippen molar-refractivity contribution < 1.29 is 14.3 Å². The Balaban J connectivity index is 1.55. The normalized spacial score (nSPS) is 19.2. The van der Waals surface area contributed by atoms with E-state index < -0.39 is 0 Å². The van der Waals surface area contributed by atoms with Crippen LogP contribution in [0, 0.1) is 11.8 Å². The molecule has 0 aromatic heterocycles. The fraction of sp³-hybridized carbons (Fsp3) is 0.381. The van der Waals surface area contributed by atoms with E-state index in [9.17, 15) is 4.79 Å². The first-order valence-corrected chi connectivity index (χ1v) is 9.09. The van der Waals surface area contributed by atoms with Crippen LogP contribution >= 0.6 is 0 Å². The Kier molecular flexibility index (Phi) is 6.12. The van der Waals surface area contributed by atoms with Crippen molar-refractivity contribution in [1.82, 2.24) is 5.32 Å². The first-order valence-electron chi connectivity index (χ1n) is 9.09. The minimum Gasteiger partial charge on any atom is -0.493 e. The number of amides is 1. The summed E-state index contributed by atoms with van der Waals surface area (Å²) in [4.78, 5) is 12.4. The molecule has 2 aromatic rings. The number of rotatable bonds is 7. The zero-order valence-corrected chi connectivity index (χ0v) is 15.1. The number of ether oxygens (including phenoxy) is 2. The van der Waals surface area contributed by atoms with E-state index in [2.05, 4.69) is 5.32 Å². The second-order valence-electron chi connectivity index (χ2n) is 6.65. The number of para-hydroxylation sites is 2. The Morgan fingerprint density at radius 1 is 1.12 bits per heavy atom. The van der Waals surface area contributed by atoms with Gasteiger partial charge in [0.05, 0.1) is 7.11 Å². The highest BCUT2D eigenvalue weighted by Gasteiger charge is 2.31. The van der Waals surface area contributed by atoms with Crippen molar-refractivity contribution >= 4 is 5.91 Å². The number of carbonyl (C=O) groups is 1. The van der Waals surface area contributed by atoms with Crippen LogP contribution < -0.4 is 20.5 Å². The number of hydrogen-bond donors (Lipinski definition) is 2. The van der Waals surface area contributed by atoms with Crippen LogP contribution in [-0.4, -0.2) is 19.6 Å². The number of nitrogens with two attached hydrogens (primary N) is 1. The zero-order valence-electron chi connectivity index (χ0n) is 15.1. The summed E-state index contributed by atoms with van der Waals surface area (Å²) in [6.07, 6.45) is 3.10. The lowest BCUT2D eigenvalue weighted by Crippen LogP contribution is -2.34. The van der Waals surface area contributed by atoms with Crippen molar-refractivity contribution in [2.24, 2.45) is 17.6 Å². The molecule has 0 saturated heterocycles. The molecule has 0 unspecified atom stereocenters. The number of hydrogen-bond acceptors (Lipinski definition) is 4. The molecule has 0 spiro atoms. The molecule has 0 radical (unpaired) electrons. The minimum absolute atomic E-state index is 0.0631. The summed E-state index contributed by atoms with van der Waals surface area (Å²) in [7, 11) is 1.62. The summed E-state index contributed by atoms with van der Waals surface area (Å²) in [6.45, 7) is 1.11. The van der Waals surface area contributed by atoms with Gasteiger partial charge in [-0.25, -0.2) is 0 Å². The van der Waals surface area contributed by atoms with Crippen LogP contribution in [0.15, 0.2) is 48.5 Å². The SMILES string of the molecule is COc1ccccc1Oc1ccc(CNC(=O)[C@@H]2CCC[C@@H]2CN)cc1. The first kappa shape index (κ1) is 18.3. The maximum atomic E-state index is 12.4. The summed E-state index contributed by atoms with van der Waals surface area (Å²) >= 11 is 0. The highest BCUT2D eigenvalue weighted by atomic mass is 16.5. The average molecular weight is 354 g/mol. The van der Waals surface area contributed by atoms with Gasteiger partial charge in [0, 0.05) is 12.5 Å². The van der Waals surface area contributed by atoms with Crippen molar-refractivity contribution in [3.8, 4) is 17.2 Å². The van der Waals surface area contributed by atoms with Crippen LogP contribution in [0.1, 0.15) is 24.8 Å². The summed E-state index contributed by atoms with van der Waals surface area (Å²) in [6, 6.07) is 15.2. The monoisotopic (exact) mass is 354 g/mol. The predicted octanol–water partition coefficient (Wildman–Crippen LogP) is 3.48. The van der Waals surface area contributed by atoms with E-state index in [0.29, 0.717) is 30.5 Å². The molecule has 3 N–H and O–H groups in total. The molecule has 1 saturated carbocycles. The van der Waals surface area contributed by atoms with Gasteiger partial charge in [-0.1, -0.05) is 30.7 Å². The second kappa shape index (κ2) is 8.72. The second-order valence-corrected chi connectivity index (χ2v) is 6.65. The van der Waals surface area contributed by atoms with Gasteiger partial charge in [0.15, 0.2) is 11.5 Å². The Morgan fingerprint density at radius 2 is 1.85 bits per heavy atom. The molecular weight excluding hydrogens is 328 g/mol. The van der Waals surface area contributed by atoms with E-state index in [-0.39, 0.29) is 11.8 Å². The topological polar surface area (TPSA) is 73.6 Å². The van der Waals surface area contributed by atoms with Crippen molar-refractivity contribution in [2.45, 2.75) is 25.8 Å². The van der Waals surface area contributed by atoms with Crippen LogP contribution in [0.3, 0.4) is 0 Å². The molecule has 1 fully saturated rings. The smallest absolute Gasteiger partial charge is 0.223 e. The van der Waals surface area contributed by atoms with Gasteiger partial charge < -0.3 is 20.5 Å². The molecule has 0 aliphatic heterocycles. The summed E-state index contributed by atoms with van der Waals surface area (Å²) in [5, 5.41) is 3.04. The van der Waals surface area contributed by atoms with E-state index in [4.69, 9.17) is 15.2 Å². The number of nitrogens with one attached hydrogen (secondary N) is 1. The third-order valence-corrected chi connectivity index (χ3v) is 4.99. The number of methoxy groups -OCH3 is 1. The third-order valence-electron chi connectivity index (χ3n) is 4.99. The summed E-state index contributed by atoms with van der Waals surface area (Å²) in [5.41, 5.74) is 6.80. The molecule has 138 valence electrons. The number of benzene rings is 2. The maximum Gasteiger partial charge on any atom is 0.223 e. The van der Waals surface area contributed by atoms with Crippen molar-refractivity contribution in [3.05, 3.63) is 54.1 Å². The maximum absolute atomic E-state index is 12.4. The number of carbonyl (C=O) groups excluding carboxylic acids is 1. The van der Waals surface area contributed by atoms with Crippen LogP contribution in [-0.2, 0) is 11.3 Å². The molecule has 2 aromatic carbocycles. The Labute approximate surface area is 154 Å². The van der Waals surface area contributed by atoms with E-state index >= 15 is 0 Å². The summed E-state index contributed by atoms with van der Waals surface area (Å²) in [5.74, 6) is 2.59. The van der Waals surface area contributed by atoms with Gasteiger partial charge in [-0.3, -0.25) is 4.79 Å².